The minimum absolute atomic E-state index is 0.214. The van der Waals surface area contributed by atoms with Crippen molar-refractivity contribution in [2.45, 2.75) is 57.5 Å². The van der Waals surface area contributed by atoms with E-state index in [0.717, 1.165) is 12.8 Å². The van der Waals surface area contributed by atoms with Crippen LogP contribution in [0.5, 0.6) is 0 Å². The van der Waals surface area contributed by atoms with Gasteiger partial charge in [0.05, 0.1) is 24.4 Å². The Morgan fingerprint density at radius 1 is 1.33 bits per heavy atom. The van der Waals surface area contributed by atoms with Crippen molar-refractivity contribution >= 4 is 0 Å². The Balaban J connectivity index is 2.32. The summed E-state index contributed by atoms with van der Waals surface area (Å²) in [5.74, 6) is 0. The van der Waals surface area contributed by atoms with Gasteiger partial charge in [-0.3, -0.25) is 0 Å². The summed E-state index contributed by atoms with van der Waals surface area (Å²) in [5, 5.41) is 21.8. The zero-order chi connectivity index (χ0) is 11.5. The molecule has 0 radical (unpaired) electrons. The fraction of sp³-hybridized carbons (Fsp3) is 1.00. The van der Waals surface area contributed by atoms with E-state index in [2.05, 4.69) is 19.2 Å². The monoisotopic (exact) mass is 217 g/mol. The third kappa shape index (κ3) is 4.47. The molecule has 1 aliphatic rings. The van der Waals surface area contributed by atoms with Crippen molar-refractivity contribution in [3.63, 3.8) is 0 Å². The lowest BCUT2D eigenvalue weighted by atomic mass is 9.98. The Kier molecular flexibility index (Phi) is 4.52. The van der Waals surface area contributed by atoms with Gasteiger partial charge in [0.2, 0.25) is 0 Å². The number of aliphatic hydroxyl groups excluding tert-OH is 1. The quantitative estimate of drug-likeness (QED) is 0.633. The van der Waals surface area contributed by atoms with Crippen LogP contribution >= 0.6 is 0 Å². The Bertz CT molecular complexity index is 186. The normalized spacial score (nSPS) is 36.2. The second kappa shape index (κ2) is 5.25. The van der Waals surface area contributed by atoms with Crippen LogP contribution in [-0.2, 0) is 4.74 Å². The molecular formula is C11H23NO3. The van der Waals surface area contributed by atoms with Gasteiger partial charge >= 0.3 is 0 Å². The molecule has 1 aliphatic heterocycles. The van der Waals surface area contributed by atoms with E-state index in [0.29, 0.717) is 12.6 Å². The van der Waals surface area contributed by atoms with Crippen LogP contribution in [0.1, 0.15) is 33.6 Å². The van der Waals surface area contributed by atoms with E-state index >= 15 is 0 Å². The molecule has 0 amide bonds. The van der Waals surface area contributed by atoms with E-state index in [4.69, 9.17) is 9.84 Å². The summed E-state index contributed by atoms with van der Waals surface area (Å²) in [7, 11) is 0. The molecule has 0 spiro atoms. The van der Waals surface area contributed by atoms with Crippen molar-refractivity contribution in [2.24, 2.45) is 0 Å². The number of ether oxygens (including phenoxy) is 1. The van der Waals surface area contributed by atoms with E-state index < -0.39 is 5.60 Å². The first-order valence-electron chi connectivity index (χ1n) is 5.65. The summed E-state index contributed by atoms with van der Waals surface area (Å²) in [5.41, 5.74) is -1.02. The minimum atomic E-state index is -1.02. The predicted molar refractivity (Wildman–Crippen MR) is 58.7 cm³/mol. The van der Waals surface area contributed by atoms with Crippen LogP contribution < -0.4 is 5.32 Å². The highest BCUT2D eigenvalue weighted by Gasteiger charge is 2.26. The number of hydrogen-bond acceptors (Lipinski definition) is 4. The van der Waals surface area contributed by atoms with Gasteiger partial charge < -0.3 is 20.3 Å². The van der Waals surface area contributed by atoms with Gasteiger partial charge in [-0.05, 0) is 33.6 Å². The van der Waals surface area contributed by atoms with Crippen molar-refractivity contribution < 1.29 is 14.9 Å². The number of hydrogen-bond donors (Lipinski definition) is 3. The molecule has 1 fully saturated rings. The first-order valence-corrected chi connectivity index (χ1v) is 5.65. The molecule has 1 heterocycles. The Morgan fingerprint density at radius 2 is 1.87 bits per heavy atom. The lowest BCUT2D eigenvalue weighted by Crippen LogP contribution is -2.48. The fourth-order valence-corrected chi connectivity index (χ4v) is 1.99. The van der Waals surface area contributed by atoms with E-state index in [9.17, 15) is 5.11 Å². The highest BCUT2D eigenvalue weighted by Crippen LogP contribution is 2.19. The smallest absolute Gasteiger partial charge is 0.0972 e. The van der Waals surface area contributed by atoms with Crippen molar-refractivity contribution in [2.75, 3.05) is 13.2 Å². The highest BCUT2D eigenvalue weighted by molar-refractivity contribution is 4.82. The van der Waals surface area contributed by atoms with Gasteiger partial charge in [0.1, 0.15) is 0 Å². The Labute approximate surface area is 91.6 Å². The summed E-state index contributed by atoms with van der Waals surface area (Å²) >= 11 is 0. The molecule has 0 saturated carbocycles. The average Bonchev–Trinajstić information content (AvgIpc) is 2.14. The molecule has 90 valence electrons. The number of nitrogens with one attached hydrogen (secondary N) is 1. The van der Waals surface area contributed by atoms with Gasteiger partial charge in [-0.25, -0.2) is 0 Å². The molecule has 1 saturated heterocycles. The molecule has 4 nitrogen and oxygen atoms in total. The molecule has 0 aromatic rings. The molecule has 0 bridgehead atoms. The van der Waals surface area contributed by atoms with E-state index in [1.165, 1.54) is 0 Å². The van der Waals surface area contributed by atoms with Crippen LogP contribution in [0, 0.1) is 0 Å². The second-order valence-electron chi connectivity index (χ2n) is 4.96. The molecule has 4 heteroatoms. The topological polar surface area (TPSA) is 61.7 Å². The molecule has 0 aromatic carbocycles. The SMILES string of the molecule is CC1CC(NCC(C)(O)CO)CC(C)O1. The molecule has 3 atom stereocenters. The van der Waals surface area contributed by atoms with Gasteiger partial charge in [0.15, 0.2) is 0 Å². The molecule has 15 heavy (non-hydrogen) atoms. The summed E-state index contributed by atoms with van der Waals surface area (Å²) in [6.45, 7) is 5.97. The zero-order valence-corrected chi connectivity index (χ0v) is 9.86. The van der Waals surface area contributed by atoms with Crippen molar-refractivity contribution in [3.8, 4) is 0 Å². The summed E-state index contributed by atoms with van der Waals surface area (Å²) in [6.07, 6.45) is 2.47. The maximum Gasteiger partial charge on any atom is 0.0972 e. The summed E-state index contributed by atoms with van der Waals surface area (Å²) in [4.78, 5) is 0. The molecule has 3 N–H and O–H groups in total. The zero-order valence-electron chi connectivity index (χ0n) is 9.86. The average molecular weight is 217 g/mol. The highest BCUT2D eigenvalue weighted by atomic mass is 16.5. The first-order chi connectivity index (χ1) is 6.93. The molecular weight excluding hydrogens is 194 g/mol. The first kappa shape index (κ1) is 12.9. The van der Waals surface area contributed by atoms with E-state index in [1.807, 2.05) is 0 Å². The van der Waals surface area contributed by atoms with Crippen molar-refractivity contribution in [1.29, 1.82) is 0 Å². The molecule has 3 unspecified atom stereocenters. The number of aliphatic hydroxyl groups is 2. The minimum Gasteiger partial charge on any atom is -0.393 e. The van der Waals surface area contributed by atoms with Crippen LogP contribution in [0.3, 0.4) is 0 Å². The van der Waals surface area contributed by atoms with Gasteiger partial charge in [0, 0.05) is 12.6 Å². The van der Waals surface area contributed by atoms with Crippen LogP contribution in [0.25, 0.3) is 0 Å². The van der Waals surface area contributed by atoms with Gasteiger partial charge in [0.25, 0.3) is 0 Å². The standard InChI is InChI=1S/C11H23NO3/c1-8-4-10(5-9(2)15-8)12-6-11(3,14)7-13/h8-10,12-14H,4-7H2,1-3H3. The largest absolute Gasteiger partial charge is 0.393 e. The van der Waals surface area contributed by atoms with Crippen LogP contribution in [-0.4, -0.2) is 47.2 Å². The summed E-state index contributed by atoms with van der Waals surface area (Å²) in [6, 6.07) is 0.377. The fourth-order valence-electron chi connectivity index (χ4n) is 1.99. The number of rotatable bonds is 4. The molecule has 1 rings (SSSR count). The Hall–Kier alpha value is -0.160. The molecule has 0 aromatic heterocycles. The van der Waals surface area contributed by atoms with Crippen LogP contribution in [0.4, 0.5) is 0 Å². The van der Waals surface area contributed by atoms with Gasteiger partial charge in [-0.15, -0.1) is 0 Å². The van der Waals surface area contributed by atoms with Gasteiger partial charge in [-0.2, -0.15) is 0 Å². The van der Waals surface area contributed by atoms with Crippen molar-refractivity contribution in [3.05, 3.63) is 0 Å². The maximum atomic E-state index is 9.64. The lowest BCUT2D eigenvalue weighted by Gasteiger charge is -2.34. The van der Waals surface area contributed by atoms with Crippen LogP contribution in [0.2, 0.25) is 0 Å². The van der Waals surface area contributed by atoms with E-state index in [-0.39, 0.29) is 18.8 Å². The molecule has 0 aliphatic carbocycles. The summed E-state index contributed by atoms with van der Waals surface area (Å²) < 4.78 is 5.62. The van der Waals surface area contributed by atoms with Gasteiger partial charge in [-0.1, -0.05) is 0 Å². The van der Waals surface area contributed by atoms with E-state index in [1.54, 1.807) is 6.92 Å². The second-order valence-corrected chi connectivity index (χ2v) is 4.96. The third-order valence-corrected chi connectivity index (χ3v) is 2.81. The third-order valence-electron chi connectivity index (χ3n) is 2.81. The lowest BCUT2D eigenvalue weighted by molar-refractivity contribution is -0.0494. The van der Waals surface area contributed by atoms with Crippen LogP contribution in [0.15, 0.2) is 0 Å². The van der Waals surface area contributed by atoms with Crippen molar-refractivity contribution in [1.82, 2.24) is 5.32 Å². The maximum absolute atomic E-state index is 9.64. The Morgan fingerprint density at radius 3 is 2.33 bits per heavy atom. The predicted octanol–water partition coefficient (Wildman–Crippen LogP) is 0.275.